The molecule has 0 spiro atoms. The third kappa shape index (κ3) is 7.24. The smallest absolute Gasteiger partial charge is 0.242 e. The minimum Gasteiger partial charge on any atom is -0.354 e. The zero-order chi connectivity index (χ0) is 21.2. The molecule has 0 saturated heterocycles. The van der Waals surface area contributed by atoms with Gasteiger partial charge in [-0.15, -0.1) is 11.8 Å². The van der Waals surface area contributed by atoms with Crippen LogP contribution in [0.1, 0.15) is 43.4 Å². The maximum absolute atomic E-state index is 13.1. The second-order valence-corrected chi connectivity index (χ2v) is 8.49. The largest absolute Gasteiger partial charge is 0.354 e. The number of hydrogen-bond acceptors (Lipinski definition) is 3. The highest BCUT2D eigenvalue weighted by molar-refractivity contribution is 7.99. The summed E-state index contributed by atoms with van der Waals surface area (Å²) in [5.74, 6) is 0.599. The molecule has 2 aromatic rings. The topological polar surface area (TPSA) is 49.4 Å². The van der Waals surface area contributed by atoms with Crippen molar-refractivity contribution in [1.29, 1.82) is 0 Å². The lowest BCUT2D eigenvalue weighted by Crippen LogP contribution is -2.47. The van der Waals surface area contributed by atoms with Crippen LogP contribution in [0.3, 0.4) is 0 Å². The molecule has 156 valence electrons. The second kappa shape index (κ2) is 11.7. The summed E-state index contributed by atoms with van der Waals surface area (Å²) in [5, 5.41) is 2.92. The predicted octanol–water partition coefficient (Wildman–Crippen LogP) is 4.73. The lowest BCUT2D eigenvalue weighted by Gasteiger charge is -2.29. The maximum atomic E-state index is 13.1. The highest BCUT2D eigenvalue weighted by atomic mass is 32.2. The van der Waals surface area contributed by atoms with Crippen LogP contribution >= 0.6 is 11.8 Å². The molecule has 5 heteroatoms. The molecule has 0 heterocycles. The van der Waals surface area contributed by atoms with Crippen molar-refractivity contribution in [2.75, 3.05) is 12.3 Å². The Hall–Kier alpha value is -2.27. The zero-order valence-corrected chi connectivity index (χ0v) is 18.7. The number of amides is 2. The van der Waals surface area contributed by atoms with Crippen LogP contribution in [0.25, 0.3) is 0 Å². The molecule has 29 heavy (non-hydrogen) atoms. The number of thioether (sulfide) groups is 1. The molecule has 2 amide bonds. The van der Waals surface area contributed by atoms with E-state index in [2.05, 4.69) is 36.5 Å². The third-order valence-corrected chi connectivity index (χ3v) is 5.94. The van der Waals surface area contributed by atoms with E-state index in [-0.39, 0.29) is 11.8 Å². The maximum Gasteiger partial charge on any atom is 0.242 e. The highest BCUT2D eigenvalue weighted by Gasteiger charge is 2.26. The van der Waals surface area contributed by atoms with E-state index in [1.165, 1.54) is 5.56 Å². The molecule has 0 radical (unpaired) electrons. The minimum atomic E-state index is -0.502. The lowest BCUT2D eigenvalue weighted by molar-refractivity contribution is -0.140. The van der Waals surface area contributed by atoms with E-state index in [1.54, 1.807) is 16.7 Å². The molecule has 0 aliphatic rings. The monoisotopic (exact) mass is 412 g/mol. The third-order valence-electron chi connectivity index (χ3n) is 4.92. The summed E-state index contributed by atoms with van der Waals surface area (Å²) in [7, 11) is 0. The van der Waals surface area contributed by atoms with Gasteiger partial charge in [-0.25, -0.2) is 0 Å². The van der Waals surface area contributed by atoms with E-state index in [1.807, 2.05) is 45.0 Å². The van der Waals surface area contributed by atoms with Crippen molar-refractivity contribution < 1.29 is 9.59 Å². The van der Waals surface area contributed by atoms with Gasteiger partial charge in [0.1, 0.15) is 6.04 Å². The van der Waals surface area contributed by atoms with Crippen molar-refractivity contribution in [1.82, 2.24) is 10.2 Å². The SMILES string of the molecule is CCCNC(=O)[C@H](C)N(Cc1ccccc1C)C(=O)CCSc1ccc(C)cc1. The van der Waals surface area contributed by atoms with Gasteiger partial charge in [0.25, 0.3) is 0 Å². The second-order valence-electron chi connectivity index (χ2n) is 7.33. The molecule has 0 aromatic heterocycles. The van der Waals surface area contributed by atoms with Crippen LogP contribution in [-0.4, -0.2) is 35.1 Å². The molecular formula is C24H32N2O2S. The standard InChI is InChI=1S/C24H32N2O2S/c1-5-15-25-24(28)20(4)26(17-21-9-7-6-8-19(21)3)23(27)14-16-29-22-12-10-18(2)11-13-22/h6-13,20H,5,14-17H2,1-4H3,(H,25,28)/t20-/m0/s1. The zero-order valence-electron chi connectivity index (χ0n) is 17.9. The molecule has 0 aliphatic carbocycles. The molecule has 2 aromatic carbocycles. The summed E-state index contributed by atoms with van der Waals surface area (Å²) in [4.78, 5) is 28.5. The first kappa shape index (κ1) is 23.0. The molecule has 0 saturated carbocycles. The number of aryl methyl sites for hydroxylation is 2. The average Bonchev–Trinajstić information content (AvgIpc) is 2.72. The lowest BCUT2D eigenvalue weighted by atomic mass is 10.1. The first-order valence-electron chi connectivity index (χ1n) is 10.2. The average molecular weight is 413 g/mol. The molecule has 0 aliphatic heterocycles. The fraction of sp³-hybridized carbons (Fsp3) is 0.417. The quantitative estimate of drug-likeness (QED) is 0.574. The normalized spacial score (nSPS) is 11.7. The summed E-state index contributed by atoms with van der Waals surface area (Å²) in [6.07, 6.45) is 1.27. The van der Waals surface area contributed by atoms with E-state index in [9.17, 15) is 9.59 Å². The fourth-order valence-corrected chi connectivity index (χ4v) is 3.82. The number of benzene rings is 2. The Morgan fingerprint density at radius 1 is 1.07 bits per heavy atom. The summed E-state index contributed by atoms with van der Waals surface area (Å²) < 4.78 is 0. The van der Waals surface area contributed by atoms with Crippen LogP contribution in [0.15, 0.2) is 53.4 Å². The van der Waals surface area contributed by atoms with E-state index < -0.39 is 6.04 Å². The van der Waals surface area contributed by atoms with Gasteiger partial charge in [0.15, 0.2) is 0 Å². The number of nitrogens with zero attached hydrogens (tertiary/aromatic N) is 1. The highest BCUT2D eigenvalue weighted by Crippen LogP contribution is 2.21. The van der Waals surface area contributed by atoms with Gasteiger partial charge in [-0.2, -0.15) is 0 Å². The fourth-order valence-electron chi connectivity index (χ4n) is 2.98. The van der Waals surface area contributed by atoms with E-state index in [0.29, 0.717) is 25.3 Å². The molecule has 0 fully saturated rings. The summed E-state index contributed by atoms with van der Waals surface area (Å²) >= 11 is 1.67. The Morgan fingerprint density at radius 3 is 2.41 bits per heavy atom. The number of rotatable bonds is 10. The molecule has 1 N–H and O–H groups in total. The van der Waals surface area contributed by atoms with Gasteiger partial charge in [0.05, 0.1) is 0 Å². The van der Waals surface area contributed by atoms with Crippen molar-refractivity contribution in [3.8, 4) is 0 Å². The van der Waals surface area contributed by atoms with E-state index in [0.717, 1.165) is 22.4 Å². The first-order valence-corrected chi connectivity index (χ1v) is 11.2. The first-order chi connectivity index (χ1) is 13.9. The van der Waals surface area contributed by atoms with Crippen molar-refractivity contribution in [2.24, 2.45) is 0 Å². The summed E-state index contributed by atoms with van der Waals surface area (Å²) in [6, 6.07) is 15.8. The molecule has 2 rings (SSSR count). The van der Waals surface area contributed by atoms with Crippen molar-refractivity contribution in [2.45, 2.75) is 58.0 Å². The Kier molecular flexibility index (Phi) is 9.26. The van der Waals surface area contributed by atoms with Gasteiger partial charge in [0.2, 0.25) is 11.8 Å². The van der Waals surface area contributed by atoms with Gasteiger partial charge in [-0.05, 0) is 50.5 Å². The Bertz CT molecular complexity index is 805. The molecular weight excluding hydrogens is 380 g/mol. The van der Waals surface area contributed by atoms with Crippen molar-refractivity contribution in [3.05, 3.63) is 65.2 Å². The van der Waals surface area contributed by atoms with E-state index in [4.69, 9.17) is 0 Å². The minimum absolute atomic E-state index is 0.00649. The molecule has 1 atom stereocenters. The number of carbonyl (C=O) groups excluding carboxylic acids is 2. The van der Waals surface area contributed by atoms with Gasteiger partial charge < -0.3 is 10.2 Å². The van der Waals surface area contributed by atoms with Crippen molar-refractivity contribution in [3.63, 3.8) is 0 Å². The van der Waals surface area contributed by atoms with Crippen LogP contribution in [0.5, 0.6) is 0 Å². The van der Waals surface area contributed by atoms with Gasteiger partial charge in [0, 0.05) is 30.2 Å². The Morgan fingerprint density at radius 2 is 1.76 bits per heavy atom. The molecule has 0 bridgehead atoms. The summed E-state index contributed by atoms with van der Waals surface area (Å²) in [5.41, 5.74) is 3.42. The summed E-state index contributed by atoms with van der Waals surface area (Å²) in [6.45, 7) is 9.00. The van der Waals surface area contributed by atoms with Crippen LogP contribution < -0.4 is 5.32 Å². The van der Waals surface area contributed by atoms with Crippen LogP contribution in [0, 0.1) is 13.8 Å². The van der Waals surface area contributed by atoms with Gasteiger partial charge in [-0.1, -0.05) is 48.9 Å². The van der Waals surface area contributed by atoms with E-state index >= 15 is 0 Å². The van der Waals surface area contributed by atoms with Crippen LogP contribution in [0.4, 0.5) is 0 Å². The number of nitrogens with one attached hydrogen (secondary N) is 1. The van der Waals surface area contributed by atoms with Crippen LogP contribution in [0.2, 0.25) is 0 Å². The predicted molar refractivity (Wildman–Crippen MR) is 121 cm³/mol. The number of hydrogen-bond donors (Lipinski definition) is 1. The van der Waals surface area contributed by atoms with Crippen LogP contribution in [-0.2, 0) is 16.1 Å². The van der Waals surface area contributed by atoms with Gasteiger partial charge in [-0.3, -0.25) is 9.59 Å². The molecule has 4 nitrogen and oxygen atoms in total. The van der Waals surface area contributed by atoms with Gasteiger partial charge >= 0.3 is 0 Å². The Balaban J connectivity index is 2.05. The van der Waals surface area contributed by atoms with Crippen molar-refractivity contribution >= 4 is 23.6 Å². The number of carbonyl (C=O) groups is 2. The molecule has 0 unspecified atom stereocenters. The Labute approximate surface area is 179 Å².